The number of aromatic nitrogens is 1. The zero-order chi connectivity index (χ0) is 14.8. The van der Waals surface area contributed by atoms with Crippen molar-refractivity contribution in [2.24, 2.45) is 5.73 Å². The Hall–Kier alpha value is -1.11. The molecule has 0 saturated carbocycles. The number of hydrogen-bond donors (Lipinski definition) is 1. The second-order valence-corrected chi connectivity index (χ2v) is 7.01. The summed E-state index contributed by atoms with van der Waals surface area (Å²) in [4.78, 5) is 9.16. The van der Waals surface area contributed by atoms with Gasteiger partial charge in [-0.05, 0) is 24.6 Å². The first kappa shape index (κ1) is 14.8. The van der Waals surface area contributed by atoms with Crippen LogP contribution in [0, 0.1) is 0 Å². The Labute approximate surface area is 137 Å². The molecule has 1 atom stereocenters. The summed E-state index contributed by atoms with van der Waals surface area (Å²) in [6, 6.07) is 6.52. The highest BCUT2D eigenvalue weighted by atomic mass is 79.9. The van der Waals surface area contributed by atoms with Crippen LogP contribution >= 0.6 is 27.3 Å². The molecule has 2 heterocycles. The van der Waals surface area contributed by atoms with E-state index in [2.05, 4.69) is 48.9 Å². The summed E-state index contributed by atoms with van der Waals surface area (Å²) < 4.78 is 1.09. The summed E-state index contributed by atoms with van der Waals surface area (Å²) >= 11 is 5.34. The van der Waals surface area contributed by atoms with Gasteiger partial charge in [0.2, 0.25) is 0 Å². The zero-order valence-corrected chi connectivity index (χ0v) is 14.4. The predicted octanol–water partition coefficient (Wildman–Crippen LogP) is 3.25. The highest BCUT2D eigenvalue weighted by Gasteiger charge is 2.19. The monoisotopic (exact) mass is 366 g/mol. The standard InChI is InChI=1S/C15H19BrN4S/c1-11(17)13-3-2-12(10-14(13)16)19-5-7-20(8-6-19)15-18-4-9-21-15/h2-4,9-11H,5-8,17H2,1H3/t11-/m0/s1. The van der Waals surface area contributed by atoms with Crippen LogP contribution in [0.15, 0.2) is 34.2 Å². The summed E-state index contributed by atoms with van der Waals surface area (Å²) in [5, 5.41) is 3.16. The molecule has 1 aromatic heterocycles. The Morgan fingerprint density at radius 3 is 2.52 bits per heavy atom. The van der Waals surface area contributed by atoms with Crippen molar-refractivity contribution in [3.63, 3.8) is 0 Å². The summed E-state index contributed by atoms with van der Waals surface area (Å²) in [6.45, 7) is 6.07. The fraction of sp³-hybridized carbons (Fsp3) is 0.400. The second kappa shape index (κ2) is 6.34. The molecule has 0 unspecified atom stereocenters. The smallest absolute Gasteiger partial charge is 0.185 e. The van der Waals surface area contributed by atoms with E-state index in [1.165, 1.54) is 5.69 Å². The van der Waals surface area contributed by atoms with Gasteiger partial charge in [0.05, 0.1) is 0 Å². The van der Waals surface area contributed by atoms with Crippen molar-refractivity contribution < 1.29 is 0 Å². The van der Waals surface area contributed by atoms with Gasteiger partial charge in [-0.2, -0.15) is 0 Å². The number of benzene rings is 1. The third-order valence-electron chi connectivity index (χ3n) is 3.81. The molecule has 6 heteroatoms. The first-order chi connectivity index (χ1) is 10.1. The van der Waals surface area contributed by atoms with Crippen LogP contribution in [0.5, 0.6) is 0 Å². The number of nitrogens with two attached hydrogens (primary N) is 1. The summed E-state index contributed by atoms with van der Waals surface area (Å²) in [5.74, 6) is 0. The van der Waals surface area contributed by atoms with Crippen LogP contribution in [0.4, 0.5) is 10.8 Å². The van der Waals surface area contributed by atoms with Crippen LogP contribution in [-0.2, 0) is 0 Å². The lowest BCUT2D eigenvalue weighted by molar-refractivity contribution is 0.651. The third kappa shape index (κ3) is 3.22. The van der Waals surface area contributed by atoms with Gasteiger partial charge in [0.25, 0.3) is 0 Å². The van der Waals surface area contributed by atoms with Gasteiger partial charge in [-0.3, -0.25) is 0 Å². The van der Waals surface area contributed by atoms with E-state index in [4.69, 9.17) is 5.73 Å². The van der Waals surface area contributed by atoms with Crippen molar-refractivity contribution in [2.75, 3.05) is 36.0 Å². The Morgan fingerprint density at radius 1 is 1.24 bits per heavy atom. The summed E-state index contributed by atoms with van der Waals surface area (Å²) in [5.41, 5.74) is 8.37. The molecule has 3 rings (SSSR count). The Morgan fingerprint density at radius 2 is 1.95 bits per heavy atom. The average Bonchev–Trinajstić information content (AvgIpc) is 3.01. The molecular formula is C15H19BrN4S. The normalized spacial score (nSPS) is 17.1. The number of rotatable bonds is 3. The number of anilines is 2. The molecule has 0 spiro atoms. The SMILES string of the molecule is C[C@H](N)c1ccc(N2CCN(c3nccs3)CC2)cc1Br. The van der Waals surface area contributed by atoms with Crippen LogP contribution < -0.4 is 15.5 Å². The van der Waals surface area contributed by atoms with E-state index in [9.17, 15) is 0 Å². The number of piperazine rings is 1. The van der Waals surface area contributed by atoms with Crippen molar-refractivity contribution in [3.05, 3.63) is 39.8 Å². The molecule has 2 N–H and O–H groups in total. The van der Waals surface area contributed by atoms with Crippen LogP contribution in [0.3, 0.4) is 0 Å². The topological polar surface area (TPSA) is 45.4 Å². The number of thiazole rings is 1. The quantitative estimate of drug-likeness (QED) is 0.905. The molecule has 1 fully saturated rings. The van der Waals surface area contributed by atoms with Crippen molar-refractivity contribution in [1.82, 2.24) is 4.98 Å². The Bertz CT molecular complexity index is 592. The van der Waals surface area contributed by atoms with Crippen LogP contribution in [0.1, 0.15) is 18.5 Å². The number of hydrogen-bond acceptors (Lipinski definition) is 5. The minimum atomic E-state index is 0.0511. The van der Waals surface area contributed by atoms with Gasteiger partial charge in [0.1, 0.15) is 0 Å². The van der Waals surface area contributed by atoms with E-state index >= 15 is 0 Å². The zero-order valence-electron chi connectivity index (χ0n) is 12.0. The Kier molecular flexibility index (Phi) is 4.47. The van der Waals surface area contributed by atoms with Gasteiger partial charge in [-0.25, -0.2) is 4.98 Å². The average molecular weight is 367 g/mol. The van der Waals surface area contributed by atoms with E-state index in [0.717, 1.165) is 41.3 Å². The lowest BCUT2D eigenvalue weighted by Gasteiger charge is -2.36. The summed E-state index contributed by atoms with van der Waals surface area (Å²) in [7, 11) is 0. The number of nitrogens with zero attached hydrogens (tertiary/aromatic N) is 3. The van der Waals surface area contributed by atoms with Crippen LogP contribution in [0.25, 0.3) is 0 Å². The van der Waals surface area contributed by atoms with E-state index < -0.39 is 0 Å². The highest BCUT2D eigenvalue weighted by Crippen LogP contribution is 2.28. The molecule has 4 nitrogen and oxygen atoms in total. The van der Waals surface area contributed by atoms with Crippen molar-refractivity contribution in [3.8, 4) is 0 Å². The first-order valence-electron chi connectivity index (χ1n) is 7.09. The second-order valence-electron chi connectivity index (χ2n) is 5.28. The van der Waals surface area contributed by atoms with Crippen LogP contribution in [0.2, 0.25) is 0 Å². The fourth-order valence-corrected chi connectivity index (χ4v) is 4.03. The molecule has 0 bridgehead atoms. The van der Waals surface area contributed by atoms with E-state index in [1.54, 1.807) is 11.3 Å². The molecule has 1 aliphatic rings. The van der Waals surface area contributed by atoms with Gasteiger partial charge < -0.3 is 15.5 Å². The van der Waals surface area contributed by atoms with E-state index in [-0.39, 0.29) is 6.04 Å². The molecule has 112 valence electrons. The molecule has 1 aliphatic heterocycles. The van der Waals surface area contributed by atoms with Gasteiger partial charge in [0, 0.05) is 54.0 Å². The lowest BCUT2D eigenvalue weighted by atomic mass is 10.1. The third-order valence-corrected chi connectivity index (χ3v) is 5.33. The first-order valence-corrected chi connectivity index (χ1v) is 8.77. The predicted molar refractivity (Wildman–Crippen MR) is 93.3 cm³/mol. The molecule has 0 aliphatic carbocycles. The van der Waals surface area contributed by atoms with E-state index in [1.807, 2.05) is 18.5 Å². The van der Waals surface area contributed by atoms with Gasteiger partial charge in [0.15, 0.2) is 5.13 Å². The largest absolute Gasteiger partial charge is 0.368 e. The maximum absolute atomic E-state index is 5.96. The molecule has 21 heavy (non-hydrogen) atoms. The van der Waals surface area contributed by atoms with Crippen molar-refractivity contribution in [2.45, 2.75) is 13.0 Å². The van der Waals surface area contributed by atoms with Gasteiger partial charge >= 0.3 is 0 Å². The maximum Gasteiger partial charge on any atom is 0.185 e. The van der Waals surface area contributed by atoms with Crippen molar-refractivity contribution >= 4 is 38.1 Å². The molecule has 1 saturated heterocycles. The minimum absolute atomic E-state index is 0.0511. The van der Waals surface area contributed by atoms with Gasteiger partial charge in [-0.15, -0.1) is 11.3 Å². The maximum atomic E-state index is 5.96. The van der Waals surface area contributed by atoms with Gasteiger partial charge in [-0.1, -0.05) is 22.0 Å². The lowest BCUT2D eigenvalue weighted by Crippen LogP contribution is -2.46. The molecular weight excluding hydrogens is 348 g/mol. The molecule has 0 amide bonds. The minimum Gasteiger partial charge on any atom is -0.368 e. The summed E-state index contributed by atoms with van der Waals surface area (Å²) in [6.07, 6.45) is 1.87. The molecule has 0 radical (unpaired) electrons. The molecule has 2 aromatic rings. The number of halogens is 1. The fourth-order valence-electron chi connectivity index (χ4n) is 2.61. The highest BCUT2D eigenvalue weighted by molar-refractivity contribution is 9.10. The molecule has 1 aromatic carbocycles. The Balaban J connectivity index is 1.68. The van der Waals surface area contributed by atoms with Crippen molar-refractivity contribution in [1.29, 1.82) is 0 Å². The van der Waals surface area contributed by atoms with E-state index in [0.29, 0.717) is 0 Å². The van der Waals surface area contributed by atoms with Crippen LogP contribution in [-0.4, -0.2) is 31.2 Å².